The Morgan fingerprint density at radius 1 is 1.07 bits per heavy atom. The maximum Gasteiger partial charge on any atom is 0.246 e. The summed E-state index contributed by atoms with van der Waals surface area (Å²) in [6, 6.07) is 12.1. The number of carbonyl (C=O) groups excluding carboxylic acids is 1. The maximum atomic E-state index is 12.8. The number of hydrogen-bond acceptors (Lipinski definition) is 4. The van der Waals surface area contributed by atoms with Gasteiger partial charge in [-0.3, -0.25) is 4.79 Å². The smallest absolute Gasteiger partial charge is 0.246 e. The highest BCUT2D eigenvalue weighted by molar-refractivity contribution is 9.10. The lowest BCUT2D eigenvalue weighted by Gasteiger charge is -2.34. The summed E-state index contributed by atoms with van der Waals surface area (Å²) in [7, 11) is -3.79. The lowest BCUT2D eigenvalue weighted by molar-refractivity contribution is -0.131. The highest BCUT2D eigenvalue weighted by Gasteiger charge is 2.31. The average Bonchev–Trinajstić information content (AvgIpc) is 2.65. The van der Waals surface area contributed by atoms with Crippen molar-refractivity contribution in [3.63, 3.8) is 0 Å². The number of sulfonamides is 1. The molecule has 2 aromatic rings. The molecule has 1 aliphatic heterocycles. The van der Waals surface area contributed by atoms with Gasteiger partial charge in [0.15, 0.2) is 0 Å². The number of hydrogen-bond donors (Lipinski definition) is 1. The Morgan fingerprint density at radius 2 is 1.70 bits per heavy atom. The van der Waals surface area contributed by atoms with Crippen molar-refractivity contribution in [1.82, 2.24) is 9.21 Å². The molecule has 3 rings (SSSR count). The van der Waals surface area contributed by atoms with Crippen molar-refractivity contribution < 1.29 is 18.3 Å². The van der Waals surface area contributed by atoms with E-state index in [1.807, 2.05) is 24.3 Å². The minimum absolute atomic E-state index is 0.0206. The van der Waals surface area contributed by atoms with E-state index in [1.165, 1.54) is 16.4 Å². The molecule has 144 valence electrons. The molecule has 6 nitrogen and oxygen atoms in total. The van der Waals surface area contributed by atoms with Crippen LogP contribution in [0.25, 0.3) is 0 Å². The van der Waals surface area contributed by atoms with Gasteiger partial charge in [-0.15, -0.1) is 0 Å². The number of aromatic hydroxyl groups is 1. The van der Waals surface area contributed by atoms with Gasteiger partial charge in [0, 0.05) is 30.7 Å². The summed E-state index contributed by atoms with van der Waals surface area (Å²) < 4.78 is 27.9. The molecule has 0 bridgehead atoms. The minimum Gasteiger partial charge on any atom is -0.507 e. The van der Waals surface area contributed by atoms with Gasteiger partial charge >= 0.3 is 0 Å². The van der Waals surface area contributed by atoms with E-state index in [0.717, 1.165) is 15.6 Å². The van der Waals surface area contributed by atoms with Crippen molar-refractivity contribution in [3.05, 3.63) is 58.1 Å². The summed E-state index contributed by atoms with van der Waals surface area (Å²) in [6.07, 6.45) is 0.290. The van der Waals surface area contributed by atoms with E-state index in [-0.39, 0.29) is 29.6 Å². The van der Waals surface area contributed by atoms with Crippen molar-refractivity contribution in [2.45, 2.75) is 18.2 Å². The second kappa shape index (κ2) is 8.00. The number of phenolic OH excluding ortho intramolecular Hbond substituents is 1. The Kier molecular flexibility index (Phi) is 5.88. The van der Waals surface area contributed by atoms with Crippen molar-refractivity contribution in [2.24, 2.45) is 0 Å². The summed E-state index contributed by atoms with van der Waals surface area (Å²) in [5.41, 5.74) is 1.68. The van der Waals surface area contributed by atoms with Gasteiger partial charge in [-0.05, 0) is 42.3 Å². The second-order valence-electron chi connectivity index (χ2n) is 6.56. The molecular weight excluding hydrogens is 432 g/mol. The van der Waals surface area contributed by atoms with E-state index < -0.39 is 10.0 Å². The topological polar surface area (TPSA) is 77.9 Å². The van der Waals surface area contributed by atoms with Gasteiger partial charge in [0.1, 0.15) is 10.6 Å². The summed E-state index contributed by atoms with van der Waals surface area (Å²) in [5.74, 6) is -0.276. The molecule has 1 heterocycles. The SMILES string of the molecule is Cc1ccc(O)c(S(=O)(=O)N2CCN(C(=O)Cc3ccc(Br)cc3)CC2)c1. The largest absolute Gasteiger partial charge is 0.507 e. The molecule has 0 aromatic heterocycles. The van der Waals surface area contributed by atoms with Crippen LogP contribution in [0.4, 0.5) is 0 Å². The van der Waals surface area contributed by atoms with Gasteiger partial charge in [-0.25, -0.2) is 8.42 Å². The van der Waals surface area contributed by atoms with Crippen LogP contribution in [0.2, 0.25) is 0 Å². The van der Waals surface area contributed by atoms with Gasteiger partial charge in [0.2, 0.25) is 15.9 Å². The summed E-state index contributed by atoms with van der Waals surface area (Å²) in [4.78, 5) is 14.1. The molecule has 1 saturated heterocycles. The molecule has 0 unspecified atom stereocenters. The van der Waals surface area contributed by atoms with E-state index in [9.17, 15) is 18.3 Å². The fraction of sp³-hybridized carbons (Fsp3) is 0.316. The molecule has 1 aliphatic rings. The number of phenols is 1. The first-order valence-corrected chi connectivity index (χ1v) is 10.8. The van der Waals surface area contributed by atoms with E-state index in [1.54, 1.807) is 17.9 Å². The molecule has 1 amide bonds. The minimum atomic E-state index is -3.79. The lowest BCUT2D eigenvalue weighted by atomic mass is 10.1. The van der Waals surface area contributed by atoms with Crippen LogP contribution in [-0.2, 0) is 21.2 Å². The Balaban J connectivity index is 1.65. The van der Waals surface area contributed by atoms with Crippen LogP contribution in [0.5, 0.6) is 5.75 Å². The van der Waals surface area contributed by atoms with E-state index in [2.05, 4.69) is 15.9 Å². The van der Waals surface area contributed by atoms with Crippen molar-refractivity contribution in [2.75, 3.05) is 26.2 Å². The van der Waals surface area contributed by atoms with Crippen LogP contribution in [0, 0.1) is 6.92 Å². The van der Waals surface area contributed by atoms with Crippen LogP contribution in [0.15, 0.2) is 51.8 Å². The number of halogens is 1. The van der Waals surface area contributed by atoms with Crippen LogP contribution in [0.3, 0.4) is 0 Å². The number of carbonyl (C=O) groups is 1. The first kappa shape index (κ1) is 19.9. The van der Waals surface area contributed by atoms with Crippen molar-refractivity contribution in [1.29, 1.82) is 0 Å². The molecule has 27 heavy (non-hydrogen) atoms. The van der Waals surface area contributed by atoms with Gasteiger partial charge in [-0.1, -0.05) is 34.1 Å². The molecule has 8 heteroatoms. The van der Waals surface area contributed by atoms with Gasteiger partial charge < -0.3 is 10.0 Å². The second-order valence-corrected chi connectivity index (χ2v) is 9.38. The van der Waals surface area contributed by atoms with Crippen molar-refractivity contribution >= 4 is 31.9 Å². The Morgan fingerprint density at radius 3 is 2.33 bits per heavy atom. The average molecular weight is 453 g/mol. The molecule has 0 radical (unpaired) electrons. The standard InChI is InChI=1S/C19H21BrN2O4S/c1-14-2-7-17(23)18(12-14)27(25,26)22-10-8-21(9-11-22)19(24)13-15-3-5-16(20)6-4-15/h2-7,12,23H,8-11,13H2,1H3. The Hall–Kier alpha value is -1.90. The van der Waals surface area contributed by atoms with E-state index >= 15 is 0 Å². The van der Waals surface area contributed by atoms with Gasteiger partial charge in [0.25, 0.3) is 0 Å². The number of amides is 1. The summed E-state index contributed by atoms with van der Waals surface area (Å²) in [5, 5.41) is 9.95. The fourth-order valence-electron chi connectivity index (χ4n) is 3.03. The summed E-state index contributed by atoms with van der Waals surface area (Å²) in [6.45, 7) is 2.86. The van der Waals surface area contributed by atoms with Gasteiger partial charge in [0.05, 0.1) is 6.42 Å². The Labute approximate surface area is 167 Å². The number of benzene rings is 2. The Bertz CT molecular complexity index is 937. The van der Waals surface area contributed by atoms with Crippen LogP contribution < -0.4 is 0 Å². The van der Waals surface area contributed by atoms with E-state index in [0.29, 0.717) is 19.5 Å². The number of aryl methyl sites for hydroxylation is 1. The summed E-state index contributed by atoms with van der Waals surface area (Å²) >= 11 is 3.37. The fourth-order valence-corrected chi connectivity index (χ4v) is 4.89. The highest BCUT2D eigenvalue weighted by Crippen LogP contribution is 2.27. The monoisotopic (exact) mass is 452 g/mol. The predicted octanol–water partition coefficient (Wildman–Crippen LogP) is 2.54. The molecular formula is C19H21BrN2O4S. The number of nitrogens with zero attached hydrogens (tertiary/aromatic N) is 2. The molecule has 0 atom stereocenters. The van der Waals surface area contributed by atoms with Gasteiger partial charge in [-0.2, -0.15) is 4.31 Å². The zero-order valence-electron chi connectivity index (χ0n) is 14.9. The van der Waals surface area contributed by atoms with Crippen LogP contribution >= 0.6 is 15.9 Å². The van der Waals surface area contributed by atoms with E-state index in [4.69, 9.17) is 0 Å². The number of piperazine rings is 1. The first-order chi connectivity index (χ1) is 12.8. The van der Waals surface area contributed by atoms with Crippen molar-refractivity contribution in [3.8, 4) is 5.75 Å². The molecule has 0 spiro atoms. The first-order valence-electron chi connectivity index (χ1n) is 8.59. The third kappa shape index (κ3) is 4.51. The van der Waals surface area contributed by atoms with Crippen LogP contribution in [-0.4, -0.2) is 54.8 Å². The normalized spacial score (nSPS) is 15.7. The highest BCUT2D eigenvalue weighted by atomic mass is 79.9. The predicted molar refractivity (Wildman–Crippen MR) is 106 cm³/mol. The third-order valence-electron chi connectivity index (χ3n) is 4.59. The molecule has 2 aromatic carbocycles. The molecule has 1 fully saturated rings. The molecule has 0 saturated carbocycles. The zero-order chi connectivity index (χ0) is 19.6. The van der Waals surface area contributed by atoms with Crippen LogP contribution in [0.1, 0.15) is 11.1 Å². The third-order valence-corrected chi connectivity index (χ3v) is 7.05. The number of rotatable bonds is 4. The lowest BCUT2D eigenvalue weighted by Crippen LogP contribution is -2.50. The zero-order valence-corrected chi connectivity index (χ0v) is 17.3. The maximum absolute atomic E-state index is 12.8. The molecule has 1 N–H and O–H groups in total. The quantitative estimate of drug-likeness (QED) is 0.772. The molecule has 0 aliphatic carbocycles.